The summed E-state index contributed by atoms with van der Waals surface area (Å²) in [5, 5.41) is 0. The van der Waals surface area contributed by atoms with Gasteiger partial charge < -0.3 is 14.4 Å². The minimum Gasteiger partial charge on any atom is -0.488 e. The highest BCUT2D eigenvalue weighted by molar-refractivity contribution is 5.97. The number of halogens is 2. The van der Waals surface area contributed by atoms with Gasteiger partial charge >= 0.3 is 5.97 Å². The summed E-state index contributed by atoms with van der Waals surface area (Å²) in [7, 11) is 0. The topological polar surface area (TPSA) is 55.8 Å². The summed E-state index contributed by atoms with van der Waals surface area (Å²) in [6.45, 7) is 6.13. The molecule has 2 rings (SSSR count). The number of rotatable bonds is 10. The van der Waals surface area contributed by atoms with Crippen molar-refractivity contribution in [1.29, 1.82) is 0 Å². The van der Waals surface area contributed by atoms with Gasteiger partial charge in [-0.05, 0) is 51.8 Å². The molecule has 0 radical (unpaired) electrons. The Bertz CT molecular complexity index is 642. The lowest BCUT2D eigenvalue weighted by molar-refractivity contribution is -0.143. The number of esters is 1. The number of ether oxygens (including phenoxy) is 2. The average Bonchev–Trinajstić information content (AvgIpc) is 3.03. The van der Waals surface area contributed by atoms with E-state index in [1.54, 1.807) is 6.92 Å². The summed E-state index contributed by atoms with van der Waals surface area (Å²) >= 11 is 0. The molecule has 1 atom stereocenters. The fourth-order valence-corrected chi connectivity index (χ4v) is 3.22. The molecule has 5 nitrogen and oxygen atoms in total. The largest absolute Gasteiger partial charge is 0.488 e. The summed E-state index contributed by atoms with van der Waals surface area (Å²) in [6.07, 6.45) is 2.74. The third kappa shape index (κ3) is 6.27. The SMILES string of the molecule is CCOC(=O)CCC(=O)c1cc(F)c(OCCCN2CCCC2C)c(F)c1. The molecule has 1 heterocycles. The Morgan fingerprint density at radius 1 is 1.22 bits per heavy atom. The number of likely N-dealkylation sites (tertiary alicyclic amines) is 1. The van der Waals surface area contributed by atoms with Crippen molar-refractivity contribution in [3.8, 4) is 5.75 Å². The zero-order valence-electron chi connectivity index (χ0n) is 15.9. The number of ketones is 1. The highest BCUT2D eigenvalue weighted by atomic mass is 19.1. The summed E-state index contributed by atoms with van der Waals surface area (Å²) < 4.78 is 38.3. The summed E-state index contributed by atoms with van der Waals surface area (Å²) in [4.78, 5) is 25.6. The van der Waals surface area contributed by atoms with Crippen molar-refractivity contribution < 1.29 is 27.8 Å². The van der Waals surface area contributed by atoms with E-state index in [1.165, 1.54) is 12.8 Å². The van der Waals surface area contributed by atoms with E-state index < -0.39 is 29.1 Å². The first-order valence-corrected chi connectivity index (χ1v) is 9.47. The zero-order chi connectivity index (χ0) is 19.8. The van der Waals surface area contributed by atoms with E-state index in [9.17, 15) is 18.4 Å². The van der Waals surface area contributed by atoms with Crippen LogP contribution in [0.1, 0.15) is 56.3 Å². The molecule has 7 heteroatoms. The molecular formula is C20H27F2NO4. The van der Waals surface area contributed by atoms with Crippen LogP contribution in [0.2, 0.25) is 0 Å². The van der Waals surface area contributed by atoms with Gasteiger partial charge in [0.2, 0.25) is 0 Å². The predicted molar refractivity (Wildman–Crippen MR) is 96.9 cm³/mol. The van der Waals surface area contributed by atoms with Crippen molar-refractivity contribution in [2.75, 3.05) is 26.3 Å². The van der Waals surface area contributed by atoms with Crippen LogP contribution in [0.3, 0.4) is 0 Å². The van der Waals surface area contributed by atoms with Gasteiger partial charge in [-0.1, -0.05) is 0 Å². The van der Waals surface area contributed by atoms with Gasteiger partial charge in [0.05, 0.1) is 19.6 Å². The van der Waals surface area contributed by atoms with Crippen molar-refractivity contribution in [2.45, 2.75) is 52.0 Å². The number of benzene rings is 1. The highest BCUT2D eigenvalue weighted by Crippen LogP contribution is 2.25. The van der Waals surface area contributed by atoms with Crippen LogP contribution in [0.25, 0.3) is 0 Å². The Morgan fingerprint density at radius 2 is 1.93 bits per heavy atom. The maximum atomic E-state index is 14.2. The van der Waals surface area contributed by atoms with Crippen LogP contribution in [0.15, 0.2) is 12.1 Å². The molecule has 0 saturated carbocycles. The number of carbonyl (C=O) groups excluding carboxylic acids is 2. The first-order chi connectivity index (χ1) is 12.9. The molecule has 0 amide bonds. The van der Waals surface area contributed by atoms with Gasteiger partial charge in [0.25, 0.3) is 0 Å². The van der Waals surface area contributed by atoms with E-state index in [4.69, 9.17) is 9.47 Å². The second-order valence-corrected chi connectivity index (χ2v) is 6.73. The van der Waals surface area contributed by atoms with Gasteiger partial charge in [-0.3, -0.25) is 9.59 Å². The predicted octanol–water partition coefficient (Wildman–Crippen LogP) is 3.74. The lowest BCUT2D eigenvalue weighted by atomic mass is 10.1. The molecular weight excluding hydrogens is 356 g/mol. The Labute approximate surface area is 158 Å². The van der Waals surface area contributed by atoms with Gasteiger partial charge in [0, 0.05) is 24.6 Å². The van der Waals surface area contributed by atoms with Crippen LogP contribution < -0.4 is 4.74 Å². The minimum atomic E-state index is -0.913. The average molecular weight is 383 g/mol. The molecule has 0 spiro atoms. The smallest absolute Gasteiger partial charge is 0.306 e. The van der Waals surface area contributed by atoms with E-state index >= 15 is 0 Å². The summed E-state index contributed by atoms with van der Waals surface area (Å²) in [5.41, 5.74) is -0.118. The number of carbonyl (C=O) groups is 2. The Kier molecular flexibility index (Phi) is 8.16. The van der Waals surface area contributed by atoms with E-state index in [1.807, 2.05) is 0 Å². The second kappa shape index (κ2) is 10.3. The fraction of sp³-hybridized carbons (Fsp3) is 0.600. The molecule has 27 heavy (non-hydrogen) atoms. The molecule has 0 bridgehead atoms. The minimum absolute atomic E-state index is 0.118. The lowest BCUT2D eigenvalue weighted by Gasteiger charge is -2.20. The molecule has 1 aromatic carbocycles. The molecule has 150 valence electrons. The standard InChI is InChI=1S/C20H27F2NO4/c1-3-26-19(25)8-7-18(24)15-12-16(21)20(17(22)13-15)27-11-5-10-23-9-4-6-14(23)2/h12-14H,3-11H2,1-2H3. The highest BCUT2D eigenvalue weighted by Gasteiger charge is 2.20. The van der Waals surface area contributed by atoms with E-state index in [0.717, 1.165) is 25.2 Å². The van der Waals surface area contributed by atoms with Crippen molar-refractivity contribution >= 4 is 11.8 Å². The van der Waals surface area contributed by atoms with Crippen molar-refractivity contribution in [2.24, 2.45) is 0 Å². The van der Waals surface area contributed by atoms with Crippen LogP contribution in [-0.4, -0.2) is 49.0 Å². The van der Waals surface area contributed by atoms with Gasteiger partial charge in [-0.2, -0.15) is 0 Å². The van der Waals surface area contributed by atoms with Crippen LogP contribution >= 0.6 is 0 Å². The van der Waals surface area contributed by atoms with Crippen LogP contribution in [0.4, 0.5) is 8.78 Å². The molecule has 1 fully saturated rings. The van der Waals surface area contributed by atoms with Crippen molar-refractivity contribution in [1.82, 2.24) is 4.90 Å². The Morgan fingerprint density at radius 3 is 2.52 bits per heavy atom. The molecule has 1 unspecified atom stereocenters. The molecule has 1 aliphatic heterocycles. The molecule has 0 N–H and O–H groups in total. The molecule has 1 aliphatic rings. The van der Waals surface area contributed by atoms with Crippen LogP contribution in [-0.2, 0) is 9.53 Å². The third-order valence-electron chi connectivity index (χ3n) is 4.71. The zero-order valence-corrected chi connectivity index (χ0v) is 15.9. The van der Waals surface area contributed by atoms with Gasteiger partial charge in [-0.15, -0.1) is 0 Å². The van der Waals surface area contributed by atoms with E-state index in [-0.39, 0.29) is 31.6 Å². The fourth-order valence-electron chi connectivity index (χ4n) is 3.22. The maximum absolute atomic E-state index is 14.2. The number of hydrogen-bond donors (Lipinski definition) is 0. The lowest BCUT2D eigenvalue weighted by Crippen LogP contribution is -2.28. The van der Waals surface area contributed by atoms with Crippen molar-refractivity contribution in [3.05, 3.63) is 29.3 Å². The Hall–Kier alpha value is -2.02. The summed E-state index contributed by atoms with van der Waals surface area (Å²) in [5.74, 6) is -3.33. The maximum Gasteiger partial charge on any atom is 0.306 e. The first kappa shape index (κ1) is 21.3. The quantitative estimate of drug-likeness (QED) is 0.350. The van der Waals surface area contributed by atoms with E-state index in [2.05, 4.69) is 11.8 Å². The van der Waals surface area contributed by atoms with Gasteiger partial charge in [0.1, 0.15) is 0 Å². The van der Waals surface area contributed by atoms with Crippen LogP contribution in [0, 0.1) is 11.6 Å². The third-order valence-corrected chi connectivity index (χ3v) is 4.71. The molecule has 0 aliphatic carbocycles. The molecule has 1 saturated heterocycles. The van der Waals surface area contributed by atoms with Gasteiger partial charge in [-0.25, -0.2) is 8.78 Å². The van der Waals surface area contributed by atoms with E-state index in [0.29, 0.717) is 12.5 Å². The number of Topliss-reactive ketones (excluding diaryl/α,β-unsaturated/α-hetero) is 1. The number of nitrogens with zero attached hydrogens (tertiary/aromatic N) is 1. The number of hydrogen-bond acceptors (Lipinski definition) is 5. The van der Waals surface area contributed by atoms with Crippen LogP contribution in [0.5, 0.6) is 5.75 Å². The monoisotopic (exact) mass is 383 g/mol. The van der Waals surface area contributed by atoms with Gasteiger partial charge in [0.15, 0.2) is 23.2 Å². The van der Waals surface area contributed by atoms with Crippen molar-refractivity contribution in [3.63, 3.8) is 0 Å². The second-order valence-electron chi connectivity index (χ2n) is 6.73. The normalized spacial score (nSPS) is 17.1. The Balaban J connectivity index is 1.86. The molecule has 0 aromatic heterocycles. The first-order valence-electron chi connectivity index (χ1n) is 9.47. The molecule has 1 aromatic rings. The summed E-state index contributed by atoms with van der Waals surface area (Å²) in [6, 6.07) is 2.45.